The first kappa shape index (κ1) is 18.2. The van der Waals surface area contributed by atoms with Crippen molar-refractivity contribution in [2.24, 2.45) is 5.10 Å². The molecular weight excluding hydrogens is 377 g/mol. The van der Waals surface area contributed by atoms with Crippen LogP contribution in [-0.4, -0.2) is 36.2 Å². The molecule has 0 spiro atoms. The van der Waals surface area contributed by atoms with E-state index in [0.29, 0.717) is 12.2 Å². The van der Waals surface area contributed by atoms with Crippen molar-refractivity contribution in [2.75, 3.05) is 0 Å². The van der Waals surface area contributed by atoms with Crippen molar-refractivity contribution in [1.29, 1.82) is 0 Å². The first-order valence-electron chi connectivity index (χ1n) is 7.50. The van der Waals surface area contributed by atoms with E-state index in [1.54, 1.807) is 12.1 Å². The molecule has 3 rings (SSSR count). The number of phenolic OH excluding ortho intramolecular Hbond substituents is 2. The summed E-state index contributed by atoms with van der Waals surface area (Å²) < 4.78 is 14.5. The van der Waals surface area contributed by atoms with Crippen LogP contribution in [0, 0.1) is 20.7 Å². The van der Waals surface area contributed by atoms with Gasteiger partial charge in [-0.1, -0.05) is 12.1 Å². The summed E-state index contributed by atoms with van der Waals surface area (Å²) in [5.74, 6) is -1.00. The zero-order chi connectivity index (χ0) is 19.6. The van der Waals surface area contributed by atoms with Crippen molar-refractivity contribution in [2.45, 2.75) is 6.42 Å². The van der Waals surface area contributed by atoms with Crippen LogP contribution in [-0.2, 0) is 6.42 Å². The van der Waals surface area contributed by atoms with Crippen molar-refractivity contribution in [3.8, 4) is 11.5 Å². The predicted octanol–water partition coefficient (Wildman–Crippen LogP) is 2.87. The summed E-state index contributed by atoms with van der Waals surface area (Å²) in [5.41, 5.74) is 0.205. The van der Waals surface area contributed by atoms with Crippen LogP contribution in [0.15, 0.2) is 41.5 Å². The number of aromatic hydroxyl groups is 2. The Labute approximate surface area is 156 Å². The van der Waals surface area contributed by atoms with E-state index in [1.807, 2.05) is 0 Å². The number of hydrogen-bond donors (Lipinski definition) is 3. The Balaban J connectivity index is 1.93. The Hall–Kier alpha value is -3.60. The van der Waals surface area contributed by atoms with Crippen LogP contribution in [0.25, 0.3) is 0 Å². The Morgan fingerprint density at radius 1 is 1.30 bits per heavy atom. The third kappa shape index (κ3) is 3.98. The van der Waals surface area contributed by atoms with Crippen LogP contribution >= 0.6 is 12.2 Å². The molecule has 0 radical (unpaired) electrons. The fourth-order valence-corrected chi connectivity index (χ4v) is 2.49. The largest absolute Gasteiger partial charge is 0.507 e. The zero-order valence-corrected chi connectivity index (χ0v) is 14.4. The van der Waals surface area contributed by atoms with Gasteiger partial charge in [0.1, 0.15) is 11.6 Å². The number of halogens is 1. The molecule has 3 aromatic rings. The van der Waals surface area contributed by atoms with Gasteiger partial charge in [-0.05, 0) is 29.9 Å². The first-order chi connectivity index (χ1) is 12.8. The van der Waals surface area contributed by atoms with Gasteiger partial charge in [0.25, 0.3) is 0 Å². The average Bonchev–Trinajstić information content (AvgIpc) is 2.95. The van der Waals surface area contributed by atoms with Crippen LogP contribution in [0.1, 0.15) is 17.0 Å². The van der Waals surface area contributed by atoms with Crippen LogP contribution in [0.3, 0.4) is 0 Å². The van der Waals surface area contributed by atoms with E-state index in [2.05, 4.69) is 15.3 Å². The molecular formula is C16H12FN5O4S. The highest BCUT2D eigenvalue weighted by molar-refractivity contribution is 7.71. The number of phenols is 2. The fraction of sp³-hybridized carbons (Fsp3) is 0.0625. The van der Waals surface area contributed by atoms with E-state index in [1.165, 1.54) is 16.8 Å². The SMILES string of the molecule is O=[N+]([O-])c1cc(/C=N\n2c(Cc3ccc(F)cc3)n[nH]c2=S)c(O)cc1O. The number of nitrogens with one attached hydrogen (secondary N) is 1. The quantitative estimate of drug-likeness (QED) is 0.266. The molecule has 138 valence electrons. The molecule has 0 aliphatic carbocycles. The van der Waals surface area contributed by atoms with E-state index in [0.717, 1.165) is 23.9 Å². The lowest BCUT2D eigenvalue weighted by molar-refractivity contribution is -0.385. The van der Waals surface area contributed by atoms with E-state index in [4.69, 9.17) is 12.2 Å². The maximum Gasteiger partial charge on any atom is 0.311 e. The van der Waals surface area contributed by atoms with Gasteiger partial charge in [0, 0.05) is 24.1 Å². The van der Waals surface area contributed by atoms with Crippen LogP contribution in [0.5, 0.6) is 11.5 Å². The third-order valence-corrected chi connectivity index (χ3v) is 3.89. The zero-order valence-electron chi connectivity index (χ0n) is 13.5. The number of hydrogen-bond acceptors (Lipinski definition) is 7. The fourth-order valence-electron chi connectivity index (χ4n) is 2.29. The Morgan fingerprint density at radius 2 is 2.00 bits per heavy atom. The topological polar surface area (TPSA) is 130 Å². The summed E-state index contributed by atoms with van der Waals surface area (Å²) in [4.78, 5) is 10.1. The van der Waals surface area contributed by atoms with Crippen molar-refractivity contribution >= 4 is 24.1 Å². The summed E-state index contributed by atoms with van der Waals surface area (Å²) in [6.45, 7) is 0. The molecule has 1 heterocycles. The molecule has 0 saturated carbocycles. The normalized spacial score (nSPS) is 11.1. The average molecular weight is 389 g/mol. The molecule has 0 amide bonds. The van der Waals surface area contributed by atoms with Gasteiger partial charge in [0.2, 0.25) is 4.77 Å². The minimum Gasteiger partial charge on any atom is -0.507 e. The van der Waals surface area contributed by atoms with Crippen molar-refractivity contribution in [1.82, 2.24) is 14.9 Å². The molecule has 0 saturated heterocycles. The highest BCUT2D eigenvalue weighted by Crippen LogP contribution is 2.32. The number of benzene rings is 2. The molecule has 0 aliphatic heterocycles. The highest BCUT2D eigenvalue weighted by Gasteiger charge is 2.17. The van der Waals surface area contributed by atoms with Crippen LogP contribution in [0.2, 0.25) is 0 Å². The van der Waals surface area contributed by atoms with Gasteiger partial charge in [-0.15, -0.1) is 0 Å². The Morgan fingerprint density at radius 3 is 2.67 bits per heavy atom. The lowest BCUT2D eigenvalue weighted by Gasteiger charge is -2.03. The second-order valence-corrected chi connectivity index (χ2v) is 5.85. The van der Waals surface area contributed by atoms with Gasteiger partial charge < -0.3 is 10.2 Å². The molecule has 0 aliphatic rings. The molecule has 0 fully saturated rings. The Kier molecular flexibility index (Phi) is 4.94. The minimum atomic E-state index is -0.782. The number of aromatic amines is 1. The number of aromatic nitrogens is 3. The number of H-pyrrole nitrogens is 1. The number of nitro benzene ring substituents is 1. The molecule has 2 aromatic carbocycles. The molecule has 0 atom stereocenters. The van der Waals surface area contributed by atoms with E-state index in [-0.39, 0.29) is 16.2 Å². The first-order valence-corrected chi connectivity index (χ1v) is 7.91. The van der Waals surface area contributed by atoms with E-state index < -0.39 is 22.1 Å². The number of nitrogens with zero attached hydrogens (tertiary/aromatic N) is 4. The van der Waals surface area contributed by atoms with E-state index >= 15 is 0 Å². The number of rotatable bonds is 5. The van der Waals surface area contributed by atoms with E-state index in [9.17, 15) is 24.7 Å². The van der Waals surface area contributed by atoms with Gasteiger partial charge in [-0.3, -0.25) is 15.2 Å². The predicted molar refractivity (Wildman–Crippen MR) is 96.0 cm³/mol. The Bertz CT molecular complexity index is 1090. The molecule has 0 bridgehead atoms. The molecule has 0 unspecified atom stereocenters. The summed E-state index contributed by atoms with van der Waals surface area (Å²) in [6, 6.07) is 7.66. The lowest BCUT2D eigenvalue weighted by atomic mass is 10.1. The summed E-state index contributed by atoms with van der Waals surface area (Å²) in [5, 5.41) is 41.0. The highest BCUT2D eigenvalue weighted by atomic mass is 32.1. The standard InChI is InChI=1S/C16H12FN5O4S/c17-11-3-1-9(2-4-11)5-15-19-20-16(27)21(15)18-8-10-6-12(22(25)26)14(24)7-13(10)23/h1-4,6-8,23-24H,5H2,(H,20,27)/b18-8-. The monoisotopic (exact) mass is 389 g/mol. The molecule has 1 aromatic heterocycles. The summed E-state index contributed by atoms with van der Waals surface area (Å²) in [7, 11) is 0. The molecule has 3 N–H and O–H groups in total. The van der Waals surface area contributed by atoms with Gasteiger partial charge in [0.05, 0.1) is 11.1 Å². The maximum atomic E-state index is 13.0. The molecule has 11 heteroatoms. The van der Waals surface area contributed by atoms with Gasteiger partial charge in [-0.25, -0.2) is 4.39 Å². The number of nitro groups is 1. The van der Waals surface area contributed by atoms with Gasteiger partial charge in [0.15, 0.2) is 11.6 Å². The van der Waals surface area contributed by atoms with Gasteiger partial charge >= 0.3 is 5.69 Å². The van der Waals surface area contributed by atoms with Crippen molar-refractivity contribution in [3.63, 3.8) is 0 Å². The summed E-state index contributed by atoms with van der Waals surface area (Å²) in [6.07, 6.45) is 1.45. The van der Waals surface area contributed by atoms with Crippen LogP contribution < -0.4 is 0 Å². The summed E-state index contributed by atoms with van der Waals surface area (Å²) >= 11 is 5.11. The lowest BCUT2D eigenvalue weighted by Crippen LogP contribution is -2.01. The minimum absolute atomic E-state index is 0.00957. The second-order valence-electron chi connectivity index (χ2n) is 5.46. The molecule has 27 heavy (non-hydrogen) atoms. The molecule has 9 nitrogen and oxygen atoms in total. The third-order valence-electron chi connectivity index (χ3n) is 3.63. The van der Waals surface area contributed by atoms with Crippen molar-refractivity contribution < 1.29 is 19.5 Å². The van der Waals surface area contributed by atoms with Crippen molar-refractivity contribution in [3.05, 3.63) is 74.1 Å². The second kappa shape index (κ2) is 7.33. The van der Waals surface area contributed by atoms with Gasteiger partial charge in [-0.2, -0.15) is 14.9 Å². The van der Waals surface area contributed by atoms with Crippen LogP contribution in [0.4, 0.5) is 10.1 Å². The maximum absolute atomic E-state index is 13.0. The smallest absolute Gasteiger partial charge is 0.311 e.